The van der Waals surface area contributed by atoms with Crippen LogP contribution in [0.15, 0.2) is 6.07 Å². The fraction of sp³-hybridized carbons (Fsp3) is 0.500. The number of phenolic OH excluding ortho intramolecular Hbond substituents is 1. The molecule has 3 heteroatoms. The van der Waals surface area contributed by atoms with Gasteiger partial charge in [-0.1, -0.05) is 6.07 Å². The summed E-state index contributed by atoms with van der Waals surface area (Å²) in [4.78, 5) is 0. The summed E-state index contributed by atoms with van der Waals surface area (Å²) in [6.45, 7) is 5.78. The molecule has 0 spiro atoms. The van der Waals surface area contributed by atoms with E-state index in [1.807, 2.05) is 26.8 Å². The smallest absolute Gasteiger partial charge is 0.121 e. The summed E-state index contributed by atoms with van der Waals surface area (Å²) in [6.07, 6.45) is 0.518. The lowest BCUT2D eigenvalue weighted by Gasteiger charge is -2.19. The van der Waals surface area contributed by atoms with Crippen LogP contribution >= 0.6 is 0 Å². The van der Waals surface area contributed by atoms with Crippen LogP contribution in [0.2, 0.25) is 0 Å². The molecule has 84 valence electrons. The Hall–Kier alpha value is -1.06. The Morgan fingerprint density at radius 1 is 1.27 bits per heavy atom. The molecule has 0 aliphatic carbocycles. The predicted octanol–water partition coefficient (Wildman–Crippen LogP) is 1.70. The second-order valence-electron chi connectivity index (χ2n) is 4.02. The van der Waals surface area contributed by atoms with Crippen molar-refractivity contribution in [3.8, 4) is 5.75 Å². The molecule has 0 radical (unpaired) electrons. The van der Waals surface area contributed by atoms with E-state index in [0.29, 0.717) is 12.2 Å². The number of nitrogens with two attached hydrogens (primary N) is 1. The second-order valence-corrected chi connectivity index (χ2v) is 4.02. The van der Waals surface area contributed by atoms with E-state index in [2.05, 4.69) is 0 Å². The summed E-state index contributed by atoms with van der Waals surface area (Å²) in [6, 6.07) is 1.72. The monoisotopic (exact) mass is 209 g/mol. The lowest BCUT2D eigenvalue weighted by Crippen LogP contribution is -2.15. The summed E-state index contributed by atoms with van der Waals surface area (Å²) < 4.78 is 0. The Labute approximate surface area is 90.5 Å². The first-order valence-electron chi connectivity index (χ1n) is 5.15. The van der Waals surface area contributed by atoms with Gasteiger partial charge in [-0.3, -0.25) is 0 Å². The van der Waals surface area contributed by atoms with E-state index in [4.69, 9.17) is 10.8 Å². The van der Waals surface area contributed by atoms with Crippen LogP contribution in [0.25, 0.3) is 0 Å². The third kappa shape index (κ3) is 2.30. The zero-order chi connectivity index (χ0) is 11.6. The van der Waals surface area contributed by atoms with Crippen LogP contribution in [-0.4, -0.2) is 16.8 Å². The highest BCUT2D eigenvalue weighted by Crippen LogP contribution is 2.31. The molecular formula is C12H19NO2. The van der Waals surface area contributed by atoms with E-state index in [-0.39, 0.29) is 12.6 Å². The lowest BCUT2D eigenvalue weighted by atomic mass is 9.92. The minimum atomic E-state index is -0.207. The first-order valence-corrected chi connectivity index (χ1v) is 5.15. The molecule has 15 heavy (non-hydrogen) atoms. The first-order chi connectivity index (χ1) is 6.99. The van der Waals surface area contributed by atoms with Gasteiger partial charge in [0.2, 0.25) is 0 Å². The van der Waals surface area contributed by atoms with Gasteiger partial charge >= 0.3 is 0 Å². The van der Waals surface area contributed by atoms with E-state index >= 15 is 0 Å². The van der Waals surface area contributed by atoms with Crippen molar-refractivity contribution >= 4 is 0 Å². The summed E-state index contributed by atoms with van der Waals surface area (Å²) in [7, 11) is 0. The average molecular weight is 209 g/mol. The highest BCUT2D eigenvalue weighted by atomic mass is 16.3. The highest BCUT2D eigenvalue weighted by molar-refractivity contribution is 5.49. The van der Waals surface area contributed by atoms with Crippen LogP contribution in [0.1, 0.15) is 34.7 Å². The fourth-order valence-electron chi connectivity index (χ4n) is 2.04. The topological polar surface area (TPSA) is 66.5 Å². The van der Waals surface area contributed by atoms with E-state index in [1.165, 1.54) is 0 Å². The Morgan fingerprint density at radius 2 is 1.87 bits per heavy atom. The van der Waals surface area contributed by atoms with Crippen molar-refractivity contribution < 1.29 is 10.2 Å². The van der Waals surface area contributed by atoms with Crippen LogP contribution in [0.3, 0.4) is 0 Å². The molecule has 1 atom stereocenters. The molecule has 0 aromatic heterocycles. The number of aromatic hydroxyl groups is 1. The van der Waals surface area contributed by atoms with Crippen molar-refractivity contribution in [3.63, 3.8) is 0 Å². The maximum absolute atomic E-state index is 9.81. The minimum Gasteiger partial charge on any atom is -0.507 e. The molecule has 4 N–H and O–H groups in total. The molecule has 1 aromatic rings. The maximum Gasteiger partial charge on any atom is 0.121 e. The van der Waals surface area contributed by atoms with E-state index in [1.54, 1.807) is 0 Å². The molecule has 0 saturated carbocycles. The van der Waals surface area contributed by atoms with Crippen molar-refractivity contribution in [2.75, 3.05) is 6.61 Å². The van der Waals surface area contributed by atoms with Gasteiger partial charge in [-0.05, 0) is 49.4 Å². The first kappa shape index (κ1) is 12.0. The average Bonchev–Trinajstić information content (AvgIpc) is 2.15. The predicted molar refractivity (Wildman–Crippen MR) is 60.9 cm³/mol. The van der Waals surface area contributed by atoms with Crippen molar-refractivity contribution in [1.29, 1.82) is 0 Å². The van der Waals surface area contributed by atoms with Gasteiger partial charge in [0.25, 0.3) is 0 Å². The number of hydrogen-bond donors (Lipinski definition) is 3. The Bertz CT molecular complexity index is 361. The Kier molecular flexibility index (Phi) is 3.72. The van der Waals surface area contributed by atoms with E-state index in [9.17, 15) is 5.11 Å². The Balaban J connectivity index is 3.23. The number of benzene rings is 1. The second kappa shape index (κ2) is 4.64. The minimum absolute atomic E-state index is 0.0642. The van der Waals surface area contributed by atoms with Gasteiger partial charge in [-0.2, -0.15) is 0 Å². The molecular weight excluding hydrogens is 190 g/mol. The molecule has 0 bridgehead atoms. The molecule has 3 nitrogen and oxygen atoms in total. The molecule has 0 heterocycles. The molecule has 0 aliphatic heterocycles. The van der Waals surface area contributed by atoms with Crippen LogP contribution in [0.5, 0.6) is 5.75 Å². The number of aliphatic hydroxyl groups is 1. The van der Waals surface area contributed by atoms with Crippen LogP contribution < -0.4 is 5.73 Å². The van der Waals surface area contributed by atoms with E-state index < -0.39 is 0 Å². The SMILES string of the molecule is Cc1cc(C)c(C(N)CCO)c(C)c1O. The van der Waals surface area contributed by atoms with Gasteiger partial charge in [-0.25, -0.2) is 0 Å². The lowest BCUT2D eigenvalue weighted by molar-refractivity contribution is 0.276. The maximum atomic E-state index is 9.81. The zero-order valence-corrected chi connectivity index (χ0v) is 9.54. The summed E-state index contributed by atoms with van der Waals surface area (Å²) >= 11 is 0. The van der Waals surface area contributed by atoms with Crippen molar-refractivity contribution in [2.45, 2.75) is 33.2 Å². The fourth-order valence-corrected chi connectivity index (χ4v) is 2.04. The molecule has 0 amide bonds. The van der Waals surface area contributed by atoms with Crippen molar-refractivity contribution in [3.05, 3.63) is 28.3 Å². The van der Waals surface area contributed by atoms with Crippen LogP contribution in [-0.2, 0) is 0 Å². The molecule has 1 aromatic carbocycles. The molecule has 1 rings (SSSR count). The van der Waals surface area contributed by atoms with Crippen molar-refractivity contribution in [2.24, 2.45) is 5.73 Å². The van der Waals surface area contributed by atoms with E-state index in [0.717, 1.165) is 22.3 Å². The van der Waals surface area contributed by atoms with Gasteiger partial charge in [0.15, 0.2) is 0 Å². The number of aliphatic hydroxyl groups excluding tert-OH is 1. The van der Waals surface area contributed by atoms with Gasteiger partial charge in [0, 0.05) is 12.6 Å². The Morgan fingerprint density at radius 3 is 2.40 bits per heavy atom. The summed E-state index contributed by atoms with van der Waals surface area (Å²) in [5, 5.41) is 18.7. The number of aryl methyl sites for hydroxylation is 2. The standard InChI is InChI=1S/C12H19NO2/c1-7-6-8(2)12(15)9(3)11(7)10(13)4-5-14/h6,10,14-15H,4-5,13H2,1-3H3. The third-order valence-electron chi connectivity index (χ3n) is 2.80. The van der Waals surface area contributed by atoms with Crippen LogP contribution in [0, 0.1) is 20.8 Å². The van der Waals surface area contributed by atoms with Gasteiger partial charge < -0.3 is 15.9 Å². The molecule has 0 fully saturated rings. The molecule has 0 aliphatic rings. The van der Waals surface area contributed by atoms with Gasteiger partial charge in [0.1, 0.15) is 5.75 Å². The summed E-state index contributed by atoms with van der Waals surface area (Å²) in [5.74, 6) is 0.309. The zero-order valence-electron chi connectivity index (χ0n) is 9.54. The number of rotatable bonds is 3. The highest BCUT2D eigenvalue weighted by Gasteiger charge is 2.15. The molecule has 0 saturated heterocycles. The normalized spacial score (nSPS) is 12.9. The van der Waals surface area contributed by atoms with Crippen molar-refractivity contribution in [1.82, 2.24) is 0 Å². The number of hydrogen-bond acceptors (Lipinski definition) is 3. The third-order valence-corrected chi connectivity index (χ3v) is 2.80. The van der Waals surface area contributed by atoms with Gasteiger partial charge in [0.05, 0.1) is 0 Å². The largest absolute Gasteiger partial charge is 0.507 e. The summed E-state index contributed by atoms with van der Waals surface area (Å²) in [5.41, 5.74) is 9.67. The number of phenols is 1. The van der Waals surface area contributed by atoms with Gasteiger partial charge in [-0.15, -0.1) is 0 Å². The quantitative estimate of drug-likeness (QED) is 0.709. The molecule has 1 unspecified atom stereocenters. The van der Waals surface area contributed by atoms with Crippen LogP contribution in [0.4, 0.5) is 0 Å².